The molecule has 1 aliphatic rings. The quantitative estimate of drug-likeness (QED) is 0.694. The van der Waals surface area contributed by atoms with Gasteiger partial charge in [-0.3, -0.25) is 4.79 Å². The minimum atomic E-state index is -3.87. The maximum Gasteiger partial charge on any atom is 0.342 e. The van der Waals surface area contributed by atoms with Crippen molar-refractivity contribution in [2.45, 2.75) is 29.9 Å². The Balaban J connectivity index is 1.90. The van der Waals surface area contributed by atoms with E-state index in [1.54, 1.807) is 30.3 Å². The van der Waals surface area contributed by atoms with Crippen molar-refractivity contribution in [3.8, 4) is 0 Å². The van der Waals surface area contributed by atoms with E-state index in [4.69, 9.17) is 4.74 Å². The van der Waals surface area contributed by atoms with Crippen LogP contribution in [0.3, 0.4) is 0 Å². The number of nitrogens with one attached hydrogen (secondary N) is 1. The number of halogens is 1. The monoisotopic (exact) mass is 420 g/mol. The van der Waals surface area contributed by atoms with Crippen LogP contribution in [0.15, 0.2) is 53.4 Å². The van der Waals surface area contributed by atoms with Crippen LogP contribution in [0, 0.1) is 5.82 Å². The number of esters is 1. The van der Waals surface area contributed by atoms with E-state index in [2.05, 4.69) is 5.32 Å². The summed E-state index contributed by atoms with van der Waals surface area (Å²) in [5.41, 5.74) is -0.135. The van der Waals surface area contributed by atoms with Gasteiger partial charge in [-0.05, 0) is 31.0 Å². The Morgan fingerprint density at radius 1 is 1.14 bits per heavy atom. The third-order valence-electron chi connectivity index (χ3n) is 4.43. The fourth-order valence-corrected chi connectivity index (χ4v) is 3.54. The second kappa shape index (κ2) is 8.30. The highest BCUT2D eigenvalue weighted by atomic mass is 32.2. The summed E-state index contributed by atoms with van der Waals surface area (Å²) in [5, 5.41) is 2.76. The molecule has 0 aliphatic heterocycles. The zero-order valence-electron chi connectivity index (χ0n) is 16.0. The van der Waals surface area contributed by atoms with Gasteiger partial charge in [-0.1, -0.05) is 30.3 Å². The lowest BCUT2D eigenvalue weighted by molar-refractivity contribution is -0.130. The van der Waals surface area contributed by atoms with E-state index < -0.39 is 39.4 Å². The van der Waals surface area contributed by atoms with Crippen molar-refractivity contribution in [1.29, 1.82) is 0 Å². The van der Waals surface area contributed by atoms with Gasteiger partial charge in [0.1, 0.15) is 5.82 Å². The van der Waals surface area contributed by atoms with Crippen LogP contribution in [0.25, 0.3) is 0 Å². The lowest BCUT2D eigenvalue weighted by Gasteiger charge is -2.18. The molecule has 0 saturated heterocycles. The van der Waals surface area contributed by atoms with E-state index in [1.807, 2.05) is 0 Å². The Labute approximate surface area is 168 Å². The number of ether oxygens (including phenoxy) is 1. The molecule has 2 aromatic carbocycles. The summed E-state index contributed by atoms with van der Waals surface area (Å²) in [6.45, 7) is 0. The maximum atomic E-state index is 14.3. The summed E-state index contributed by atoms with van der Waals surface area (Å²) < 4.78 is 45.1. The fraction of sp³-hybridized carbons (Fsp3) is 0.300. The number of hydrogen-bond acceptors (Lipinski definition) is 5. The van der Waals surface area contributed by atoms with Crippen molar-refractivity contribution in [2.75, 3.05) is 14.1 Å². The second-order valence-electron chi connectivity index (χ2n) is 6.91. The molecule has 7 nitrogen and oxygen atoms in total. The van der Waals surface area contributed by atoms with Gasteiger partial charge in [0.25, 0.3) is 5.91 Å². The average molecular weight is 420 g/mol. The van der Waals surface area contributed by atoms with Gasteiger partial charge in [-0.2, -0.15) is 0 Å². The molecule has 1 N–H and O–H groups in total. The Kier molecular flexibility index (Phi) is 5.99. The zero-order valence-corrected chi connectivity index (χ0v) is 16.8. The molecule has 0 heterocycles. The minimum absolute atomic E-state index is 0.0395. The average Bonchev–Trinajstić information content (AvgIpc) is 3.50. The van der Waals surface area contributed by atoms with Crippen molar-refractivity contribution in [2.24, 2.45) is 0 Å². The normalized spacial score (nSPS) is 15.0. The number of nitrogens with zero attached hydrogens (tertiary/aromatic N) is 1. The molecule has 0 spiro atoms. The number of carbonyl (C=O) groups excluding carboxylic acids is 2. The molecule has 154 valence electrons. The van der Waals surface area contributed by atoms with Crippen molar-refractivity contribution in [3.05, 3.63) is 65.5 Å². The third kappa shape index (κ3) is 4.80. The first-order valence-electron chi connectivity index (χ1n) is 8.98. The number of hydrogen-bond donors (Lipinski definition) is 1. The summed E-state index contributed by atoms with van der Waals surface area (Å²) >= 11 is 0. The molecular formula is C20H21FN2O5S. The Hall–Kier alpha value is -2.78. The van der Waals surface area contributed by atoms with Crippen LogP contribution in [0.1, 0.15) is 34.9 Å². The molecule has 0 bridgehead atoms. The topological polar surface area (TPSA) is 92.8 Å². The lowest BCUT2D eigenvalue weighted by Crippen LogP contribution is -2.33. The van der Waals surface area contributed by atoms with E-state index in [-0.39, 0.29) is 10.9 Å². The van der Waals surface area contributed by atoms with Crippen LogP contribution in [-0.4, -0.2) is 44.7 Å². The van der Waals surface area contributed by atoms with Gasteiger partial charge in [0.15, 0.2) is 0 Å². The molecule has 29 heavy (non-hydrogen) atoms. The molecule has 1 aliphatic carbocycles. The highest BCUT2D eigenvalue weighted by Gasteiger charge is 2.32. The van der Waals surface area contributed by atoms with E-state index in [0.717, 1.165) is 35.3 Å². The summed E-state index contributed by atoms with van der Waals surface area (Å²) in [5.74, 6) is -2.58. The number of rotatable bonds is 7. The SMILES string of the molecule is CN(C)S(=O)(=O)c1ccc(F)c(C(=O)O[C@H](C(=O)NC2CC2)c2ccccc2)c1. The predicted octanol–water partition coefficient (Wildman–Crippen LogP) is 2.25. The molecule has 3 rings (SSSR count). The molecule has 1 amide bonds. The van der Waals surface area contributed by atoms with E-state index in [9.17, 15) is 22.4 Å². The highest BCUT2D eigenvalue weighted by molar-refractivity contribution is 7.89. The predicted molar refractivity (Wildman–Crippen MR) is 103 cm³/mol. The van der Waals surface area contributed by atoms with Crippen LogP contribution in [-0.2, 0) is 19.6 Å². The molecule has 0 unspecified atom stereocenters. The van der Waals surface area contributed by atoms with Crippen molar-refractivity contribution in [1.82, 2.24) is 9.62 Å². The molecule has 1 saturated carbocycles. The molecule has 1 atom stereocenters. The smallest absolute Gasteiger partial charge is 0.342 e. The number of amides is 1. The third-order valence-corrected chi connectivity index (χ3v) is 6.24. The van der Waals surface area contributed by atoms with E-state index in [1.165, 1.54) is 14.1 Å². The number of sulfonamides is 1. The summed E-state index contributed by atoms with van der Waals surface area (Å²) in [6, 6.07) is 11.3. The van der Waals surface area contributed by atoms with Gasteiger partial charge >= 0.3 is 5.97 Å². The van der Waals surface area contributed by atoms with Gasteiger partial charge in [0.2, 0.25) is 16.1 Å². The Morgan fingerprint density at radius 3 is 2.38 bits per heavy atom. The molecule has 9 heteroatoms. The van der Waals surface area contributed by atoms with Gasteiger partial charge < -0.3 is 10.1 Å². The van der Waals surface area contributed by atoms with Crippen molar-refractivity contribution >= 4 is 21.9 Å². The van der Waals surface area contributed by atoms with Gasteiger partial charge in [0.05, 0.1) is 10.5 Å². The number of benzene rings is 2. The van der Waals surface area contributed by atoms with Crippen LogP contribution in [0.4, 0.5) is 4.39 Å². The first-order valence-corrected chi connectivity index (χ1v) is 10.4. The molecule has 2 aromatic rings. The van der Waals surface area contributed by atoms with Crippen LogP contribution in [0.2, 0.25) is 0 Å². The molecular weight excluding hydrogens is 399 g/mol. The maximum absolute atomic E-state index is 14.3. The summed E-state index contributed by atoms with van der Waals surface area (Å²) in [7, 11) is -1.23. The Morgan fingerprint density at radius 2 is 1.79 bits per heavy atom. The zero-order chi connectivity index (χ0) is 21.2. The molecule has 0 aromatic heterocycles. The number of carbonyl (C=O) groups is 2. The molecule has 0 radical (unpaired) electrons. The van der Waals surface area contributed by atoms with E-state index >= 15 is 0 Å². The highest BCUT2D eigenvalue weighted by Crippen LogP contribution is 2.25. The van der Waals surface area contributed by atoms with Gasteiger partial charge in [0, 0.05) is 25.7 Å². The van der Waals surface area contributed by atoms with Crippen LogP contribution in [0.5, 0.6) is 0 Å². The van der Waals surface area contributed by atoms with Crippen molar-refractivity contribution < 1.29 is 27.1 Å². The fourth-order valence-electron chi connectivity index (χ4n) is 2.61. The first kappa shape index (κ1) is 20.9. The molecule has 1 fully saturated rings. The Bertz CT molecular complexity index is 1020. The van der Waals surface area contributed by atoms with Gasteiger partial charge in [-0.25, -0.2) is 21.9 Å². The standard InChI is InChI=1S/C20H21FN2O5S/c1-23(2)29(26,27)15-10-11-17(21)16(12-15)20(25)28-18(13-6-4-3-5-7-13)19(24)22-14-8-9-14/h3-7,10-12,14,18H,8-9H2,1-2H3,(H,22,24)/t18-/m0/s1. The van der Waals surface area contributed by atoms with E-state index in [0.29, 0.717) is 5.56 Å². The largest absolute Gasteiger partial charge is 0.444 e. The summed E-state index contributed by atoms with van der Waals surface area (Å²) in [6.07, 6.45) is 0.415. The summed E-state index contributed by atoms with van der Waals surface area (Å²) in [4.78, 5) is 25.0. The van der Waals surface area contributed by atoms with Crippen molar-refractivity contribution in [3.63, 3.8) is 0 Å². The van der Waals surface area contributed by atoms with Gasteiger partial charge in [-0.15, -0.1) is 0 Å². The second-order valence-corrected chi connectivity index (χ2v) is 9.06. The van der Waals surface area contributed by atoms with Crippen LogP contribution < -0.4 is 5.32 Å². The first-order chi connectivity index (χ1) is 13.7. The lowest BCUT2D eigenvalue weighted by atomic mass is 10.1. The minimum Gasteiger partial charge on any atom is -0.444 e. The van der Waals surface area contributed by atoms with Crippen LogP contribution >= 0.6 is 0 Å².